The molecule has 0 aromatic heterocycles. The summed E-state index contributed by atoms with van der Waals surface area (Å²) in [6.45, 7) is 8.63. The molecule has 2 atom stereocenters. The minimum Gasteiger partial charge on any atom is -0.207 e. The summed E-state index contributed by atoms with van der Waals surface area (Å²) in [6, 6.07) is 35.7. The van der Waals surface area contributed by atoms with Crippen LogP contribution in [0.2, 0.25) is 0 Å². The third-order valence-corrected chi connectivity index (χ3v) is 13.9. The maximum atomic E-state index is 13.9. The monoisotopic (exact) mass is 660 g/mol. The van der Waals surface area contributed by atoms with Gasteiger partial charge in [0, 0.05) is 17.1 Å². The molecular weight excluding hydrogens is 612 g/mol. The number of rotatable bonds is 10. The molecule has 0 bridgehead atoms. The van der Waals surface area contributed by atoms with Crippen molar-refractivity contribution in [3.05, 3.63) is 121 Å². The minimum atomic E-state index is -0.820. The van der Waals surface area contributed by atoms with Crippen LogP contribution in [0.3, 0.4) is 0 Å². The Morgan fingerprint density at radius 1 is 0.558 bits per heavy atom. The molecule has 0 spiro atoms. The van der Waals surface area contributed by atoms with Gasteiger partial charge < -0.3 is 0 Å². The van der Waals surface area contributed by atoms with E-state index in [-0.39, 0.29) is 28.7 Å². The Morgan fingerprint density at radius 3 is 1.26 bits per heavy atom. The van der Waals surface area contributed by atoms with Crippen LogP contribution in [0.1, 0.15) is 79.1 Å². The summed E-state index contributed by atoms with van der Waals surface area (Å²) in [5, 5.41) is 5.04. The first-order valence-electron chi connectivity index (χ1n) is 15.8. The third kappa shape index (κ3) is 11.5. The van der Waals surface area contributed by atoms with E-state index in [0.717, 1.165) is 29.9 Å². The van der Waals surface area contributed by atoms with Crippen molar-refractivity contribution in [2.45, 2.75) is 90.4 Å². The van der Waals surface area contributed by atoms with Gasteiger partial charge in [-0.15, -0.1) is 0 Å². The van der Waals surface area contributed by atoms with Crippen molar-refractivity contribution in [3.63, 3.8) is 0 Å². The molecule has 5 rings (SSSR count). The van der Waals surface area contributed by atoms with E-state index in [1.807, 2.05) is 38.1 Å². The number of halogens is 2. The average molecular weight is 661 g/mol. The van der Waals surface area contributed by atoms with Crippen molar-refractivity contribution >= 4 is 37.1 Å². The molecule has 0 aliphatic heterocycles. The van der Waals surface area contributed by atoms with Crippen LogP contribution in [0.4, 0.5) is 8.78 Å². The van der Waals surface area contributed by atoms with Crippen molar-refractivity contribution in [2.24, 2.45) is 0 Å². The Balaban J connectivity index is 0.000000720. The smallest absolute Gasteiger partial charge is 0.123 e. The second-order valence-electron chi connectivity index (χ2n) is 10.6. The van der Waals surface area contributed by atoms with Gasteiger partial charge in [-0.05, 0) is 79.1 Å². The normalized spacial score (nSPS) is 13.7. The maximum Gasteiger partial charge on any atom is 0.123 e. The molecule has 232 valence electrons. The molecule has 0 nitrogen and oxygen atoms in total. The molecule has 1 unspecified atom stereocenters. The van der Waals surface area contributed by atoms with Crippen molar-refractivity contribution in [1.29, 1.82) is 0 Å². The van der Waals surface area contributed by atoms with Gasteiger partial charge in [-0.1, -0.05) is 158 Å². The fraction of sp³-hybridized carbons (Fsp3) is 0.368. The van der Waals surface area contributed by atoms with E-state index in [9.17, 15) is 8.78 Å². The first-order chi connectivity index (χ1) is 20.6. The molecule has 0 saturated heterocycles. The number of hydrogen-bond donors (Lipinski definition) is 0. The molecule has 0 heterocycles. The fourth-order valence-electron chi connectivity index (χ4n) is 5.59. The summed E-state index contributed by atoms with van der Waals surface area (Å²) < 4.78 is 27.8. The quantitative estimate of drug-likeness (QED) is 0.117. The van der Waals surface area contributed by atoms with Gasteiger partial charge in [-0.25, -0.2) is 8.78 Å². The van der Waals surface area contributed by atoms with E-state index in [2.05, 4.69) is 74.5 Å². The average Bonchev–Trinajstić information content (AvgIpc) is 3.63. The summed E-state index contributed by atoms with van der Waals surface area (Å²) in [7, 11) is -1.45. The van der Waals surface area contributed by atoms with E-state index >= 15 is 0 Å². The summed E-state index contributed by atoms with van der Waals surface area (Å²) in [4.78, 5) is 0. The van der Waals surface area contributed by atoms with Crippen LogP contribution in [-0.4, -0.2) is 11.3 Å². The second-order valence-corrected chi connectivity index (χ2v) is 15.6. The van der Waals surface area contributed by atoms with Gasteiger partial charge in [-0.2, -0.15) is 0 Å². The zero-order valence-electron chi connectivity index (χ0n) is 26.2. The van der Waals surface area contributed by atoms with Gasteiger partial charge in [0.05, 0.1) is 0 Å². The maximum absolute atomic E-state index is 13.9. The predicted molar refractivity (Wildman–Crippen MR) is 185 cm³/mol. The molecule has 1 aliphatic rings. The van der Waals surface area contributed by atoms with Crippen LogP contribution in [0.25, 0.3) is 0 Å². The van der Waals surface area contributed by atoms with Gasteiger partial charge in [0.1, 0.15) is 11.6 Å². The van der Waals surface area contributed by atoms with Crippen LogP contribution in [-0.2, 0) is 17.1 Å². The minimum absolute atomic E-state index is 0. The topological polar surface area (TPSA) is 0 Å². The molecule has 0 radical (unpaired) electrons. The van der Waals surface area contributed by atoms with Crippen LogP contribution >= 0.6 is 15.8 Å². The van der Waals surface area contributed by atoms with Gasteiger partial charge in [0.15, 0.2) is 0 Å². The van der Waals surface area contributed by atoms with Gasteiger partial charge in [0.25, 0.3) is 0 Å². The van der Waals surface area contributed by atoms with Gasteiger partial charge >= 0.3 is 0 Å². The second kappa shape index (κ2) is 21.0. The Hall–Kier alpha value is -1.88. The van der Waals surface area contributed by atoms with E-state index in [4.69, 9.17) is 0 Å². The summed E-state index contributed by atoms with van der Waals surface area (Å²) in [5.74, 6) is -0.450. The molecule has 0 amide bonds. The molecule has 4 aromatic rings. The number of hydrogen-bond acceptors (Lipinski definition) is 0. The number of benzene rings is 4. The SMILES string of the molecule is C1CCCC1.CC.CCCC[C@@H](C(C)P(c1ccccc1)c1ccccc1)P(c1ccc(F)cc1)c1ccc(F)cc1.[Fe]. The molecule has 1 saturated carbocycles. The zero-order chi connectivity index (χ0) is 30.2. The van der Waals surface area contributed by atoms with Crippen LogP contribution in [0, 0.1) is 11.6 Å². The molecule has 43 heavy (non-hydrogen) atoms. The Kier molecular flexibility index (Phi) is 18.2. The number of unbranched alkanes of at least 4 members (excludes halogenated alkanes) is 1. The fourth-order valence-corrected chi connectivity index (χ4v) is 12.0. The summed E-state index contributed by atoms with van der Waals surface area (Å²) in [5.41, 5.74) is 0.745. The van der Waals surface area contributed by atoms with Crippen molar-refractivity contribution in [3.8, 4) is 0 Å². The Bertz CT molecular complexity index is 1150. The van der Waals surface area contributed by atoms with E-state index in [1.165, 1.54) is 42.7 Å². The predicted octanol–water partition coefficient (Wildman–Crippen LogP) is 10.5. The first-order valence-corrected chi connectivity index (χ1v) is 18.6. The van der Waals surface area contributed by atoms with Crippen LogP contribution < -0.4 is 21.2 Å². The molecule has 1 fully saturated rings. The van der Waals surface area contributed by atoms with E-state index < -0.39 is 15.8 Å². The zero-order valence-corrected chi connectivity index (χ0v) is 29.1. The van der Waals surface area contributed by atoms with Crippen molar-refractivity contribution < 1.29 is 25.8 Å². The van der Waals surface area contributed by atoms with E-state index in [1.54, 1.807) is 24.3 Å². The van der Waals surface area contributed by atoms with Crippen molar-refractivity contribution in [2.75, 3.05) is 0 Å². The molecular formula is C38H48F2FeP2. The Labute approximate surface area is 273 Å². The molecule has 1 aliphatic carbocycles. The Morgan fingerprint density at radius 2 is 0.907 bits per heavy atom. The van der Waals surface area contributed by atoms with Gasteiger partial charge in [0.2, 0.25) is 0 Å². The molecule has 4 aromatic carbocycles. The van der Waals surface area contributed by atoms with Crippen molar-refractivity contribution in [1.82, 2.24) is 0 Å². The van der Waals surface area contributed by atoms with Crippen LogP contribution in [0.15, 0.2) is 109 Å². The summed E-state index contributed by atoms with van der Waals surface area (Å²) >= 11 is 0. The first kappa shape index (κ1) is 37.3. The molecule has 5 heteroatoms. The van der Waals surface area contributed by atoms with Crippen LogP contribution in [0.5, 0.6) is 0 Å². The van der Waals surface area contributed by atoms with Gasteiger partial charge in [-0.3, -0.25) is 0 Å². The largest absolute Gasteiger partial charge is 0.207 e. The third-order valence-electron chi connectivity index (χ3n) is 7.68. The van der Waals surface area contributed by atoms with E-state index in [0.29, 0.717) is 11.3 Å². The standard InChI is InChI=1S/C31H32F2P2.C5H10.C2H6.Fe/c1-3-4-15-31(24(2)34(27-11-7-5-8-12-27)28-13-9-6-10-14-28)35(29-20-16-25(32)17-21-29)30-22-18-26(33)19-23-30;1-2-4-5-3-1;1-2;/h5-14,16-24,31H,3-4,15H2,1-2H3;1-5H2;1-2H3;/t24?,31-;;;/m0.../s1. The summed E-state index contributed by atoms with van der Waals surface area (Å²) in [6.07, 6.45) is 10.8. The molecule has 0 N–H and O–H groups in total.